The largest absolute Gasteiger partial charge is 0.419 e. The average molecular weight is 416 g/mol. The van der Waals surface area contributed by atoms with Crippen LogP contribution in [0.25, 0.3) is 11.5 Å². The van der Waals surface area contributed by atoms with E-state index < -0.39 is 0 Å². The monoisotopic (exact) mass is 415 g/mol. The van der Waals surface area contributed by atoms with E-state index in [1.165, 1.54) is 12.8 Å². The number of aromatic nitrogens is 4. The fourth-order valence-corrected chi connectivity index (χ4v) is 3.80. The topological polar surface area (TPSA) is 60.0 Å². The molecule has 2 aromatic heterocycles. The number of hydrogen-bond acceptors (Lipinski definition) is 5. The third-order valence-corrected chi connectivity index (χ3v) is 5.44. The fourth-order valence-electron chi connectivity index (χ4n) is 3.53. The van der Waals surface area contributed by atoms with Gasteiger partial charge in [-0.3, -0.25) is 4.90 Å². The van der Waals surface area contributed by atoms with E-state index >= 15 is 0 Å². The van der Waals surface area contributed by atoms with E-state index in [1.54, 1.807) is 0 Å². The van der Waals surface area contributed by atoms with Gasteiger partial charge in [0.2, 0.25) is 11.8 Å². The van der Waals surface area contributed by atoms with Gasteiger partial charge >= 0.3 is 0 Å². The van der Waals surface area contributed by atoms with Gasteiger partial charge in [0.25, 0.3) is 0 Å². The van der Waals surface area contributed by atoms with Gasteiger partial charge in [0, 0.05) is 42.4 Å². The molecule has 136 valence electrons. The van der Waals surface area contributed by atoms with E-state index in [1.807, 2.05) is 36.7 Å². The Labute approximate surface area is 161 Å². The Balaban J connectivity index is 1.38. The molecule has 0 radical (unpaired) electrons. The molecular weight excluding hydrogens is 394 g/mol. The quantitative estimate of drug-likeness (QED) is 0.635. The normalized spacial score (nSPS) is 18.3. The second-order valence-corrected chi connectivity index (χ2v) is 7.83. The molecule has 4 rings (SSSR count). The van der Waals surface area contributed by atoms with Gasteiger partial charge in [0.15, 0.2) is 0 Å². The predicted molar refractivity (Wildman–Crippen MR) is 102 cm³/mol. The first-order chi connectivity index (χ1) is 12.7. The summed E-state index contributed by atoms with van der Waals surface area (Å²) in [4.78, 5) is 6.87. The minimum Gasteiger partial charge on any atom is -0.419 e. The third kappa shape index (κ3) is 4.04. The number of benzene rings is 1. The lowest BCUT2D eigenvalue weighted by molar-refractivity contribution is 0.153. The fraction of sp³-hybridized carbons (Fsp3) is 0.421. The molecule has 0 bridgehead atoms. The summed E-state index contributed by atoms with van der Waals surface area (Å²) in [5.41, 5.74) is 0.943. The first kappa shape index (κ1) is 17.4. The maximum Gasteiger partial charge on any atom is 0.247 e. The van der Waals surface area contributed by atoms with Crippen molar-refractivity contribution in [2.24, 2.45) is 13.0 Å². The number of halogens is 1. The molecule has 1 aromatic carbocycles. The third-order valence-electron chi connectivity index (χ3n) is 4.91. The lowest BCUT2D eigenvalue weighted by atomic mass is 9.94. The molecule has 3 aromatic rings. The molecule has 1 fully saturated rings. The van der Waals surface area contributed by atoms with Gasteiger partial charge in [0.05, 0.1) is 6.54 Å². The van der Waals surface area contributed by atoms with E-state index in [0.29, 0.717) is 24.2 Å². The van der Waals surface area contributed by atoms with Gasteiger partial charge in [-0.15, -0.1) is 10.2 Å². The first-order valence-electron chi connectivity index (χ1n) is 8.94. The van der Waals surface area contributed by atoms with Crippen LogP contribution in [0.1, 0.15) is 24.6 Å². The SMILES string of the molecule is Cn1ccnc1CC1CCCN(Cc2nnc(-c3ccc(Br)cc3)o2)C1. The number of aryl methyl sites for hydroxylation is 1. The Morgan fingerprint density at radius 1 is 1.23 bits per heavy atom. The summed E-state index contributed by atoms with van der Waals surface area (Å²) in [5.74, 6) is 3.04. The number of likely N-dealkylation sites (tertiary alicyclic amines) is 1. The van der Waals surface area contributed by atoms with Gasteiger partial charge in [-0.2, -0.15) is 0 Å². The number of piperidine rings is 1. The van der Waals surface area contributed by atoms with Crippen molar-refractivity contribution in [2.75, 3.05) is 13.1 Å². The molecule has 0 amide bonds. The number of imidazole rings is 1. The number of hydrogen-bond donors (Lipinski definition) is 0. The zero-order valence-electron chi connectivity index (χ0n) is 14.8. The minimum absolute atomic E-state index is 0.578. The molecule has 1 saturated heterocycles. The second-order valence-electron chi connectivity index (χ2n) is 6.91. The Morgan fingerprint density at radius 2 is 2.08 bits per heavy atom. The molecule has 0 aliphatic carbocycles. The van der Waals surface area contributed by atoms with Crippen LogP contribution in [-0.2, 0) is 20.0 Å². The van der Waals surface area contributed by atoms with Crippen LogP contribution in [0.3, 0.4) is 0 Å². The smallest absolute Gasteiger partial charge is 0.247 e. The van der Waals surface area contributed by atoms with E-state index in [0.717, 1.165) is 35.4 Å². The molecular formula is C19H22BrN5O. The highest BCUT2D eigenvalue weighted by Gasteiger charge is 2.23. The standard InChI is InChI=1S/C19H22BrN5O/c1-24-10-8-21-17(24)11-14-3-2-9-25(12-14)13-18-22-23-19(26-18)15-4-6-16(20)7-5-15/h4-8,10,14H,2-3,9,11-13H2,1H3. The van der Waals surface area contributed by atoms with Crippen LogP contribution in [0.15, 0.2) is 45.5 Å². The van der Waals surface area contributed by atoms with Gasteiger partial charge in [-0.05, 0) is 49.6 Å². The lowest BCUT2D eigenvalue weighted by Gasteiger charge is -2.31. The summed E-state index contributed by atoms with van der Waals surface area (Å²) in [5, 5.41) is 8.44. The van der Waals surface area contributed by atoms with Gasteiger partial charge in [-0.1, -0.05) is 15.9 Å². The molecule has 0 N–H and O–H groups in total. The Bertz CT molecular complexity index is 857. The molecule has 1 atom stereocenters. The van der Waals surface area contributed by atoms with Gasteiger partial charge in [-0.25, -0.2) is 4.98 Å². The zero-order valence-corrected chi connectivity index (χ0v) is 16.4. The van der Waals surface area contributed by atoms with E-state index in [9.17, 15) is 0 Å². The summed E-state index contributed by atoms with van der Waals surface area (Å²) in [6.45, 7) is 2.83. The van der Waals surface area contributed by atoms with E-state index in [4.69, 9.17) is 4.42 Å². The van der Waals surface area contributed by atoms with Crippen molar-refractivity contribution >= 4 is 15.9 Å². The summed E-state index contributed by atoms with van der Waals surface area (Å²) < 4.78 is 9.02. The maximum atomic E-state index is 5.88. The highest BCUT2D eigenvalue weighted by molar-refractivity contribution is 9.10. The number of rotatable bonds is 5. The van der Waals surface area contributed by atoms with Gasteiger partial charge < -0.3 is 8.98 Å². The van der Waals surface area contributed by atoms with Crippen LogP contribution in [0.5, 0.6) is 0 Å². The van der Waals surface area contributed by atoms with Crippen molar-refractivity contribution in [1.29, 1.82) is 0 Å². The summed E-state index contributed by atoms with van der Waals surface area (Å²) in [6.07, 6.45) is 7.35. The molecule has 0 saturated carbocycles. The molecule has 26 heavy (non-hydrogen) atoms. The zero-order chi connectivity index (χ0) is 17.9. The minimum atomic E-state index is 0.578. The molecule has 7 heteroatoms. The number of nitrogens with zero attached hydrogens (tertiary/aromatic N) is 5. The van der Waals surface area contributed by atoms with Crippen LogP contribution in [0.4, 0.5) is 0 Å². The van der Waals surface area contributed by atoms with Crippen molar-refractivity contribution in [2.45, 2.75) is 25.8 Å². The van der Waals surface area contributed by atoms with Crippen molar-refractivity contribution in [3.63, 3.8) is 0 Å². The van der Waals surface area contributed by atoms with Crippen molar-refractivity contribution in [1.82, 2.24) is 24.6 Å². The van der Waals surface area contributed by atoms with Crippen LogP contribution < -0.4 is 0 Å². The van der Waals surface area contributed by atoms with Crippen molar-refractivity contribution in [3.05, 3.63) is 52.8 Å². The maximum absolute atomic E-state index is 5.88. The molecule has 3 heterocycles. The molecule has 1 aliphatic heterocycles. The summed E-state index contributed by atoms with van der Waals surface area (Å²) in [6, 6.07) is 7.91. The second kappa shape index (κ2) is 7.72. The summed E-state index contributed by atoms with van der Waals surface area (Å²) in [7, 11) is 2.06. The van der Waals surface area contributed by atoms with E-state index in [2.05, 4.69) is 47.6 Å². The predicted octanol–water partition coefficient (Wildman–Crippen LogP) is 3.69. The van der Waals surface area contributed by atoms with E-state index in [-0.39, 0.29) is 0 Å². The Hall–Kier alpha value is -1.99. The molecule has 0 spiro atoms. The Morgan fingerprint density at radius 3 is 2.85 bits per heavy atom. The van der Waals surface area contributed by atoms with Crippen LogP contribution >= 0.6 is 15.9 Å². The Kier molecular flexibility index (Phi) is 5.17. The molecule has 1 aliphatic rings. The van der Waals surface area contributed by atoms with Gasteiger partial charge in [0.1, 0.15) is 5.82 Å². The van der Waals surface area contributed by atoms with Crippen LogP contribution in [0.2, 0.25) is 0 Å². The average Bonchev–Trinajstić information content (AvgIpc) is 3.26. The summed E-state index contributed by atoms with van der Waals surface area (Å²) >= 11 is 3.44. The lowest BCUT2D eigenvalue weighted by Crippen LogP contribution is -2.36. The molecule has 1 unspecified atom stereocenters. The van der Waals surface area contributed by atoms with Crippen LogP contribution in [-0.4, -0.2) is 37.7 Å². The highest BCUT2D eigenvalue weighted by Crippen LogP contribution is 2.24. The van der Waals surface area contributed by atoms with Crippen molar-refractivity contribution < 1.29 is 4.42 Å². The van der Waals surface area contributed by atoms with Crippen molar-refractivity contribution in [3.8, 4) is 11.5 Å². The first-order valence-corrected chi connectivity index (χ1v) is 9.73. The molecule has 6 nitrogen and oxygen atoms in total. The van der Waals surface area contributed by atoms with Crippen LogP contribution in [0, 0.1) is 5.92 Å². The highest BCUT2D eigenvalue weighted by atomic mass is 79.9.